The van der Waals surface area contributed by atoms with Gasteiger partial charge in [0.25, 0.3) is 0 Å². The molecule has 2 heteroatoms. The quantitative estimate of drug-likeness (QED) is 0.734. The van der Waals surface area contributed by atoms with Gasteiger partial charge in [0.05, 0.1) is 0 Å². The van der Waals surface area contributed by atoms with Crippen molar-refractivity contribution in [1.29, 1.82) is 0 Å². The van der Waals surface area contributed by atoms with Crippen LogP contribution in [-0.4, -0.2) is 11.1 Å². The van der Waals surface area contributed by atoms with Gasteiger partial charge in [-0.2, -0.15) is 0 Å². The van der Waals surface area contributed by atoms with E-state index in [9.17, 15) is 4.79 Å². The van der Waals surface area contributed by atoms with E-state index in [1.807, 2.05) is 0 Å². The lowest BCUT2D eigenvalue weighted by atomic mass is 9.84. The predicted molar refractivity (Wildman–Crippen MR) is 57.2 cm³/mol. The van der Waals surface area contributed by atoms with Crippen LogP contribution in [-0.2, 0) is 4.79 Å². The van der Waals surface area contributed by atoms with Crippen LogP contribution in [0.4, 0.5) is 0 Å². The van der Waals surface area contributed by atoms with Crippen LogP contribution in [0.15, 0.2) is 0 Å². The fourth-order valence-corrected chi connectivity index (χ4v) is 2.40. The van der Waals surface area contributed by atoms with Crippen LogP contribution >= 0.6 is 0 Å². The van der Waals surface area contributed by atoms with E-state index < -0.39 is 5.97 Å². The van der Waals surface area contributed by atoms with Crippen LogP contribution in [0.5, 0.6) is 0 Å². The van der Waals surface area contributed by atoms with Crippen molar-refractivity contribution < 1.29 is 9.90 Å². The van der Waals surface area contributed by atoms with Gasteiger partial charge in [-0.3, -0.25) is 4.79 Å². The van der Waals surface area contributed by atoms with Gasteiger partial charge in [-0.25, -0.2) is 0 Å². The zero-order chi connectivity index (χ0) is 10.4. The Bertz CT molecular complexity index is 171. The van der Waals surface area contributed by atoms with E-state index in [0.717, 1.165) is 12.3 Å². The molecule has 2 nitrogen and oxygen atoms in total. The number of rotatable bonds is 5. The molecule has 0 aliphatic heterocycles. The molecule has 0 unspecified atom stereocenters. The first-order chi connectivity index (χ1) is 6.68. The Hall–Kier alpha value is -0.530. The smallest absolute Gasteiger partial charge is 0.303 e. The van der Waals surface area contributed by atoms with Gasteiger partial charge in [-0.15, -0.1) is 0 Å². The lowest BCUT2D eigenvalue weighted by Crippen LogP contribution is -2.10. The van der Waals surface area contributed by atoms with Crippen molar-refractivity contribution in [3.8, 4) is 0 Å². The summed E-state index contributed by atoms with van der Waals surface area (Å²) >= 11 is 0. The van der Waals surface area contributed by atoms with Gasteiger partial charge in [0.15, 0.2) is 0 Å². The van der Waals surface area contributed by atoms with Crippen molar-refractivity contribution >= 4 is 5.97 Å². The molecule has 1 aliphatic carbocycles. The average Bonchev–Trinajstić information content (AvgIpc) is 2.15. The molecule has 1 N–H and O–H groups in total. The highest BCUT2D eigenvalue weighted by molar-refractivity contribution is 5.66. The Morgan fingerprint density at radius 1 is 1.36 bits per heavy atom. The molecule has 1 atom stereocenters. The standard InChI is InChI=1S/C12H22O2/c1-10(9-12(13)14)7-8-11-5-3-2-4-6-11/h10-11H,2-9H2,1H3,(H,13,14)/t10-/m0/s1. The minimum atomic E-state index is -0.652. The Labute approximate surface area is 86.7 Å². The normalized spacial score (nSPS) is 20.6. The maximum atomic E-state index is 10.5. The summed E-state index contributed by atoms with van der Waals surface area (Å²) in [5.74, 6) is 0.593. The topological polar surface area (TPSA) is 37.3 Å². The zero-order valence-electron chi connectivity index (χ0n) is 9.17. The lowest BCUT2D eigenvalue weighted by molar-refractivity contribution is -0.138. The summed E-state index contributed by atoms with van der Waals surface area (Å²) in [6, 6.07) is 0. The fourth-order valence-electron chi connectivity index (χ4n) is 2.40. The van der Waals surface area contributed by atoms with Crippen LogP contribution in [0.3, 0.4) is 0 Å². The number of hydrogen-bond acceptors (Lipinski definition) is 1. The molecular weight excluding hydrogens is 176 g/mol. The highest BCUT2D eigenvalue weighted by Crippen LogP contribution is 2.28. The summed E-state index contributed by atoms with van der Waals surface area (Å²) in [4.78, 5) is 10.5. The Morgan fingerprint density at radius 3 is 2.57 bits per heavy atom. The Morgan fingerprint density at radius 2 is 2.00 bits per heavy atom. The summed E-state index contributed by atoms with van der Waals surface area (Å²) in [7, 11) is 0. The van der Waals surface area contributed by atoms with E-state index in [2.05, 4.69) is 6.92 Å². The van der Waals surface area contributed by atoms with E-state index in [1.54, 1.807) is 0 Å². The Kier molecular flexibility index (Phi) is 4.99. The lowest BCUT2D eigenvalue weighted by Gasteiger charge is -2.22. The Balaban J connectivity index is 2.09. The molecule has 82 valence electrons. The van der Waals surface area contributed by atoms with Gasteiger partial charge >= 0.3 is 5.97 Å². The highest BCUT2D eigenvalue weighted by Gasteiger charge is 2.15. The first-order valence-corrected chi connectivity index (χ1v) is 5.90. The molecule has 0 aromatic carbocycles. The minimum absolute atomic E-state index is 0.340. The van der Waals surface area contributed by atoms with Crippen molar-refractivity contribution in [2.45, 2.75) is 58.3 Å². The maximum Gasteiger partial charge on any atom is 0.303 e. The molecule has 0 spiro atoms. The molecule has 1 aliphatic rings. The third kappa shape index (κ3) is 4.64. The number of carboxylic acids is 1. The molecule has 1 saturated carbocycles. The highest BCUT2D eigenvalue weighted by atomic mass is 16.4. The number of hydrogen-bond donors (Lipinski definition) is 1. The summed E-state index contributed by atoms with van der Waals surface area (Å²) in [6.07, 6.45) is 9.61. The first-order valence-electron chi connectivity index (χ1n) is 5.90. The van der Waals surface area contributed by atoms with Crippen LogP contribution < -0.4 is 0 Å². The summed E-state index contributed by atoms with van der Waals surface area (Å²) in [5.41, 5.74) is 0. The van der Waals surface area contributed by atoms with Crippen molar-refractivity contribution in [2.24, 2.45) is 11.8 Å². The maximum absolute atomic E-state index is 10.5. The third-order valence-electron chi connectivity index (χ3n) is 3.32. The second kappa shape index (κ2) is 6.05. The minimum Gasteiger partial charge on any atom is -0.481 e. The molecule has 0 saturated heterocycles. The van der Waals surface area contributed by atoms with Crippen molar-refractivity contribution in [1.82, 2.24) is 0 Å². The molecular formula is C12H22O2. The first kappa shape index (κ1) is 11.5. The van der Waals surface area contributed by atoms with Gasteiger partial charge in [-0.1, -0.05) is 45.4 Å². The van der Waals surface area contributed by atoms with Gasteiger partial charge in [-0.05, 0) is 18.3 Å². The largest absolute Gasteiger partial charge is 0.481 e. The molecule has 0 heterocycles. The molecule has 0 amide bonds. The molecule has 0 aromatic rings. The van der Waals surface area contributed by atoms with Crippen molar-refractivity contribution in [3.63, 3.8) is 0 Å². The van der Waals surface area contributed by atoms with Crippen molar-refractivity contribution in [2.75, 3.05) is 0 Å². The molecule has 1 fully saturated rings. The second-order valence-electron chi connectivity index (χ2n) is 4.78. The van der Waals surface area contributed by atoms with E-state index in [-0.39, 0.29) is 0 Å². The molecule has 14 heavy (non-hydrogen) atoms. The van der Waals surface area contributed by atoms with Crippen LogP contribution in [0.1, 0.15) is 58.3 Å². The van der Waals surface area contributed by atoms with Crippen molar-refractivity contribution in [3.05, 3.63) is 0 Å². The van der Waals surface area contributed by atoms with Gasteiger partial charge in [0.2, 0.25) is 0 Å². The molecule has 0 bridgehead atoms. The summed E-state index contributed by atoms with van der Waals surface area (Å²) in [5, 5.41) is 8.62. The molecule has 0 aromatic heterocycles. The zero-order valence-corrected chi connectivity index (χ0v) is 9.17. The van der Waals surface area contributed by atoms with E-state index in [0.29, 0.717) is 12.3 Å². The summed E-state index contributed by atoms with van der Waals surface area (Å²) < 4.78 is 0. The van der Waals surface area contributed by atoms with E-state index in [1.165, 1.54) is 38.5 Å². The van der Waals surface area contributed by atoms with Gasteiger partial charge in [0.1, 0.15) is 0 Å². The summed E-state index contributed by atoms with van der Waals surface area (Å²) in [6.45, 7) is 2.05. The van der Waals surface area contributed by atoms with E-state index in [4.69, 9.17) is 5.11 Å². The second-order valence-corrected chi connectivity index (χ2v) is 4.78. The fraction of sp³-hybridized carbons (Fsp3) is 0.917. The number of carbonyl (C=O) groups is 1. The molecule has 0 radical (unpaired) electrons. The monoisotopic (exact) mass is 198 g/mol. The van der Waals surface area contributed by atoms with E-state index >= 15 is 0 Å². The van der Waals surface area contributed by atoms with Crippen LogP contribution in [0, 0.1) is 11.8 Å². The van der Waals surface area contributed by atoms with Crippen LogP contribution in [0.25, 0.3) is 0 Å². The van der Waals surface area contributed by atoms with Crippen LogP contribution in [0.2, 0.25) is 0 Å². The van der Waals surface area contributed by atoms with Gasteiger partial charge in [0, 0.05) is 6.42 Å². The third-order valence-corrected chi connectivity index (χ3v) is 3.32. The number of aliphatic carboxylic acids is 1. The predicted octanol–water partition coefficient (Wildman–Crippen LogP) is 3.46. The average molecular weight is 198 g/mol. The SMILES string of the molecule is C[C@@H](CCC1CCCCC1)CC(=O)O. The number of carboxylic acid groups (broad SMARTS) is 1. The van der Waals surface area contributed by atoms with Gasteiger partial charge < -0.3 is 5.11 Å². The molecule has 1 rings (SSSR count).